The number of nitrogens with one attached hydrogen (secondary N) is 2. The number of ether oxygens (including phenoxy) is 1. The van der Waals surface area contributed by atoms with Gasteiger partial charge in [-0.15, -0.1) is 0 Å². The molecule has 0 fully saturated rings. The summed E-state index contributed by atoms with van der Waals surface area (Å²) in [6.45, 7) is 8.79. The average molecular weight is 328 g/mol. The van der Waals surface area contributed by atoms with Crippen LogP contribution in [-0.4, -0.2) is 17.8 Å². The number of hydrogen-bond donors (Lipinski definition) is 2. The molecule has 4 heteroatoms. The van der Waals surface area contributed by atoms with Crippen molar-refractivity contribution in [2.45, 2.75) is 33.7 Å². The second-order valence-electron chi connectivity index (χ2n) is 5.94. The normalized spacial score (nSPS) is 11.7. The van der Waals surface area contributed by atoms with Gasteiger partial charge in [0.1, 0.15) is 12.4 Å². The molecule has 0 spiro atoms. The average Bonchev–Trinajstić information content (AvgIpc) is 2.50. The Hall–Kier alpha value is -2.07. The second kappa shape index (κ2) is 7.97. The summed E-state index contributed by atoms with van der Waals surface area (Å²) in [5.74, 6) is 0.873. The van der Waals surface area contributed by atoms with E-state index >= 15 is 0 Å². The smallest absolute Gasteiger partial charge is 0.171 e. The van der Waals surface area contributed by atoms with Gasteiger partial charge in [0, 0.05) is 5.69 Å². The Balaban J connectivity index is 1.82. The molecule has 0 bridgehead atoms. The van der Waals surface area contributed by atoms with Crippen LogP contribution in [0.15, 0.2) is 42.5 Å². The van der Waals surface area contributed by atoms with Gasteiger partial charge in [-0.2, -0.15) is 0 Å². The lowest BCUT2D eigenvalue weighted by Crippen LogP contribution is -2.39. The highest BCUT2D eigenvalue weighted by Crippen LogP contribution is 2.16. The van der Waals surface area contributed by atoms with Crippen LogP contribution in [0.1, 0.15) is 23.6 Å². The minimum atomic E-state index is 0.112. The summed E-state index contributed by atoms with van der Waals surface area (Å²) >= 11 is 5.39. The van der Waals surface area contributed by atoms with Crippen molar-refractivity contribution >= 4 is 23.0 Å². The van der Waals surface area contributed by atoms with Crippen LogP contribution in [0.5, 0.6) is 5.75 Å². The third-order valence-corrected chi connectivity index (χ3v) is 3.76. The van der Waals surface area contributed by atoms with Crippen LogP contribution >= 0.6 is 12.2 Å². The van der Waals surface area contributed by atoms with E-state index in [1.807, 2.05) is 31.2 Å². The van der Waals surface area contributed by atoms with Crippen molar-refractivity contribution in [1.82, 2.24) is 5.32 Å². The van der Waals surface area contributed by atoms with E-state index in [1.54, 1.807) is 0 Å². The van der Waals surface area contributed by atoms with Crippen LogP contribution in [0.3, 0.4) is 0 Å². The predicted molar refractivity (Wildman–Crippen MR) is 101 cm³/mol. The summed E-state index contributed by atoms with van der Waals surface area (Å²) < 4.78 is 5.77. The molecule has 2 N–H and O–H groups in total. The molecule has 23 heavy (non-hydrogen) atoms. The van der Waals surface area contributed by atoms with Gasteiger partial charge in [0.2, 0.25) is 0 Å². The van der Waals surface area contributed by atoms with Crippen LogP contribution in [0.25, 0.3) is 0 Å². The first-order valence-electron chi connectivity index (χ1n) is 7.78. The van der Waals surface area contributed by atoms with Crippen molar-refractivity contribution in [2.75, 3.05) is 11.9 Å². The van der Waals surface area contributed by atoms with Gasteiger partial charge in [0.05, 0.1) is 6.04 Å². The highest BCUT2D eigenvalue weighted by Gasteiger charge is 2.07. The maximum atomic E-state index is 5.77. The zero-order valence-electron chi connectivity index (χ0n) is 14.1. The number of hydrogen-bond acceptors (Lipinski definition) is 2. The van der Waals surface area contributed by atoms with Crippen LogP contribution < -0.4 is 15.4 Å². The molecule has 0 aliphatic rings. The molecule has 122 valence electrons. The van der Waals surface area contributed by atoms with E-state index in [2.05, 4.69) is 49.6 Å². The standard InChI is InChI=1S/C19H24N2OS/c1-13-6-9-17(10-7-13)22-12-16(4)20-19(23)21-18-11-14(2)5-8-15(18)3/h5-11,16H,12H2,1-4H3,(H2,20,21,23)/t16-/m1/s1. The molecular formula is C19H24N2OS. The van der Waals surface area contributed by atoms with Gasteiger partial charge in [-0.1, -0.05) is 29.8 Å². The molecular weight excluding hydrogens is 304 g/mol. The summed E-state index contributed by atoms with van der Waals surface area (Å²) in [6.07, 6.45) is 0. The van der Waals surface area contributed by atoms with Crippen molar-refractivity contribution in [3.8, 4) is 5.75 Å². The Morgan fingerprint density at radius 3 is 2.39 bits per heavy atom. The van der Waals surface area contributed by atoms with E-state index < -0.39 is 0 Å². The van der Waals surface area contributed by atoms with Crippen LogP contribution in [-0.2, 0) is 0 Å². The fourth-order valence-corrected chi connectivity index (χ4v) is 2.46. The molecule has 2 rings (SSSR count). The summed E-state index contributed by atoms with van der Waals surface area (Å²) in [4.78, 5) is 0. The number of thiocarbonyl (C=S) groups is 1. The number of anilines is 1. The van der Waals surface area contributed by atoms with Crippen LogP contribution in [0.2, 0.25) is 0 Å². The lowest BCUT2D eigenvalue weighted by atomic mass is 10.1. The Bertz CT molecular complexity index is 668. The zero-order valence-corrected chi connectivity index (χ0v) is 15.0. The van der Waals surface area contributed by atoms with Gasteiger partial charge in [0.15, 0.2) is 5.11 Å². The minimum Gasteiger partial charge on any atom is -0.491 e. The lowest BCUT2D eigenvalue weighted by Gasteiger charge is -2.18. The van der Waals surface area contributed by atoms with Gasteiger partial charge < -0.3 is 15.4 Å². The fraction of sp³-hybridized carbons (Fsp3) is 0.316. The van der Waals surface area contributed by atoms with Gasteiger partial charge >= 0.3 is 0 Å². The molecule has 2 aromatic rings. The molecule has 0 aliphatic heterocycles. The van der Waals surface area contributed by atoms with Crippen molar-refractivity contribution in [2.24, 2.45) is 0 Å². The quantitative estimate of drug-likeness (QED) is 0.799. The third kappa shape index (κ3) is 5.57. The number of benzene rings is 2. The SMILES string of the molecule is Cc1ccc(OC[C@@H](C)NC(=S)Nc2cc(C)ccc2C)cc1. The molecule has 0 amide bonds. The summed E-state index contributed by atoms with van der Waals surface area (Å²) in [5, 5.41) is 7.11. The Labute approximate surface area is 144 Å². The highest BCUT2D eigenvalue weighted by molar-refractivity contribution is 7.80. The minimum absolute atomic E-state index is 0.112. The zero-order chi connectivity index (χ0) is 16.8. The highest BCUT2D eigenvalue weighted by atomic mass is 32.1. The largest absolute Gasteiger partial charge is 0.491 e. The van der Waals surface area contributed by atoms with E-state index in [0.717, 1.165) is 11.4 Å². The van der Waals surface area contributed by atoms with Crippen LogP contribution in [0, 0.1) is 20.8 Å². The molecule has 0 aromatic heterocycles. The monoisotopic (exact) mass is 328 g/mol. The summed E-state index contributed by atoms with van der Waals surface area (Å²) in [6, 6.07) is 14.4. The maximum absolute atomic E-state index is 5.77. The Morgan fingerprint density at radius 2 is 1.70 bits per heavy atom. The van der Waals surface area contributed by atoms with E-state index in [-0.39, 0.29) is 6.04 Å². The van der Waals surface area contributed by atoms with E-state index in [1.165, 1.54) is 16.7 Å². The van der Waals surface area contributed by atoms with E-state index in [4.69, 9.17) is 17.0 Å². The predicted octanol–water partition coefficient (Wildman–Crippen LogP) is 4.37. The summed E-state index contributed by atoms with van der Waals surface area (Å²) in [5.41, 5.74) is 4.64. The second-order valence-corrected chi connectivity index (χ2v) is 6.35. The van der Waals surface area contributed by atoms with Crippen LogP contribution in [0.4, 0.5) is 5.69 Å². The van der Waals surface area contributed by atoms with Crippen molar-refractivity contribution in [3.05, 3.63) is 59.2 Å². The molecule has 0 heterocycles. The van der Waals surface area contributed by atoms with Gasteiger partial charge in [-0.25, -0.2) is 0 Å². The topological polar surface area (TPSA) is 33.3 Å². The molecule has 0 aliphatic carbocycles. The van der Waals surface area contributed by atoms with Crippen molar-refractivity contribution in [1.29, 1.82) is 0 Å². The first-order valence-corrected chi connectivity index (χ1v) is 8.19. The number of rotatable bonds is 5. The number of aryl methyl sites for hydroxylation is 3. The van der Waals surface area contributed by atoms with Crippen molar-refractivity contribution < 1.29 is 4.74 Å². The molecule has 3 nitrogen and oxygen atoms in total. The van der Waals surface area contributed by atoms with Gasteiger partial charge in [-0.05, 0) is 69.2 Å². The first-order chi connectivity index (χ1) is 10.9. The lowest BCUT2D eigenvalue weighted by molar-refractivity contribution is 0.287. The molecule has 0 unspecified atom stereocenters. The molecule has 0 saturated heterocycles. The maximum Gasteiger partial charge on any atom is 0.171 e. The summed E-state index contributed by atoms with van der Waals surface area (Å²) in [7, 11) is 0. The Morgan fingerprint density at radius 1 is 1.04 bits per heavy atom. The van der Waals surface area contributed by atoms with E-state index in [9.17, 15) is 0 Å². The van der Waals surface area contributed by atoms with Gasteiger partial charge in [0.25, 0.3) is 0 Å². The third-order valence-electron chi connectivity index (χ3n) is 3.54. The fourth-order valence-electron chi connectivity index (χ4n) is 2.15. The molecule has 1 atom stereocenters. The molecule has 0 saturated carbocycles. The molecule has 2 aromatic carbocycles. The first kappa shape index (κ1) is 17.3. The van der Waals surface area contributed by atoms with Crippen molar-refractivity contribution in [3.63, 3.8) is 0 Å². The van der Waals surface area contributed by atoms with Gasteiger partial charge in [-0.3, -0.25) is 0 Å². The van der Waals surface area contributed by atoms with E-state index in [0.29, 0.717) is 11.7 Å². The molecule has 0 radical (unpaired) electrons. The Kier molecular flexibility index (Phi) is 5.99.